The van der Waals surface area contributed by atoms with E-state index < -0.39 is 0 Å². The minimum Gasteiger partial charge on any atom is -0.329 e. The van der Waals surface area contributed by atoms with Crippen LogP contribution in [0.15, 0.2) is 0 Å². The molecule has 0 aromatic rings. The van der Waals surface area contributed by atoms with Gasteiger partial charge in [-0.25, -0.2) is 0 Å². The minimum absolute atomic E-state index is 0.666. The molecule has 0 bridgehead atoms. The molecule has 1 saturated heterocycles. The molecular formula is C13H26N2. The molecule has 2 heteroatoms. The highest BCUT2D eigenvalue weighted by Crippen LogP contribution is 2.35. The monoisotopic (exact) mass is 210 g/mol. The van der Waals surface area contributed by atoms with Crippen LogP contribution in [0.1, 0.15) is 52.4 Å². The number of likely N-dealkylation sites (tertiary alicyclic amines) is 1. The van der Waals surface area contributed by atoms with Crippen molar-refractivity contribution in [2.75, 3.05) is 6.54 Å². The average Bonchev–Trinajstić information content (AvgIpc) is 2.64. The van der Waals surface area contributed by atoms with E-state index in [1.807, 2.05) is 0 Å². The van der Waals surface area contributed by atoms with Crippen molar-refractivity contribution in [3.63, 3.8) is 0 Å². The molecule has 2 fully saturated rings. The maximum absolute atomic E-state index is 5.93. The third-order valence-electron chi connectivity index (χ3n) is 4.56. The zero-order valence-corrected chi connectivity index (χ0v) is 10.3. The van der Waals surface area contributed by atoms with E-state index in [4.69, 9.17) is 5.73 Å². The first-order valence-electron chi connectivity index (χ1n) is 6.71. The summed E-state index contributed by atoms with van der Waals surface area (Å²) in [7, 11) is 0. The van der Waals surface area contributed by atoms with Crippen LogP contribution in [-0.2, 0) is 0 Å². The zero-order chi connectivity index (χ0) is 10.8. The quantitative estimate of drug-likeness (QED) is 0.758. The largest absolute Gasteiger partial charge is 0.329 e. The third-order valence-corrected chi connectivity index (χ3v) is 4.56. The Morgan fingerprint density at radius 1 is 1.07 bits per heavy atom. The predicted molar refractivity (Wildman–Crippen MR) is 64.8 cm³/mol. The molecule has 1 heterocycles. The standard InChI is InChI=1S/C13H26N2/c1-10-5-3-8-13(10)15-11(2)6-4-7-12(15)9-14/h10-13H,3-9,14H2,1-2H3. The van der Waals surface area contributed by atoms with Crippen LogP contribution < -0.4 is 5.73 Å². The Morgan fingerprint density at radius 3 is 2.40 bits per heavy atom. The van der Waals surface area contributed by atoms with Crippen molar-refractivity contribution in [2.45, 2.75) is 70.5 Å². The van der Waals surface area contributed by atoms with Crippen LogP contribution in [0.2, 0.25) is 0 Å². The first-order chi connectivity index (χ1) is 7.24. The van der Waals surface area contributed by atoms with Gasteiger partial charge in [0.2, 0.25) is 0 Å². The van der Waals surface area contributed by atoms with Gasteiger partial charge in [0.25, 0.3) is 0 Å². The molecule has 1 aliphatic carbocycles. The van der Waals surface area contributed by atoms with Gasteiger partial charge in [-0.05, 0) is 38.5 Å². The highest BCUT2D eigenvalue weighted by atomic mass is 15.2. The summed E-state index contributed by atoms with van der Waals surface area (Å²) in [5.74, 6) is 0.889. The lowest BCUT2D eigenvalue weighted by molar-refractivity contribution is 0.0359. The number of hydrogen-bond acceptors (Lipinski definition) is 2. The summed E-state index contributed by atoms with van der Waals surface area (Å²) in [6.45, 7) is 5.67. The number of piperidine rings is 1. The molecule has 0 amide bonds. The van der Waals surface area contributed by atoms with Gasteiger partial charge in [0.15, 0.2) is 0 Å². The van der Waals surface area contributed by atoms with E-state index in [2.05, 4.69) is 18.7 Å². The average molecular weight is 210 g/mol. The maximum atomic E-state index is 5.93. The first kappa shape index (κ1) is 11.4. The van der Waals surface area contributed by atoms with Gasteiger partial charge in [-0.15, -0.1) is 0 Å². The summed E-state index contributed by atoms with van der Waals surface area (Å²) < 4.78 is 0. The lowest BCUT2D eigenvalue weighted by Gasteiger charge is -2.45. The molecular weight excluding hydrogens is 184 g/mol. The van der Waals surface area contributed by atoms with E-state index in [9.17, 15) is 0 Å². The number of nitrogens with zero attached hydrogens (tertiary/aromatic N) is 1. The number of rotatable bonds is 2. The van der Waals surface area contributed by atoms with Crippen LogP contribution in [0.25, 0.3) is 0 Å². The second-order valence-electron chi connectivity index (χ2n) is 5.59. The fourth-order valence-corrected chi connectivity index (χ4v) is 3.71. The summed E-state index contributed by atoms with van der Waals surface area (Å²) >= 11 is 0. The molecule has 0 radical (unpaired) electrons. The molecule has 2 N–H and O–H groups in total. The SMILES string of the molecule is CC1CCCC1N1C(C)CCCC1CN. The fraction of sp³-hybridized carbons (Fsp3) is 1.00. The van der Waals surface area contributed by atoms with E-state index in [1.54, 1.807) is 0 Å². The van der Waals surface area contributed by atoms with E-state index in [0.29, 0.717) is 6.04 Å². The van der Waals surface area contributed by atoms with E-state index in [1.165, 1.54) is 38.5 Å². The lowest BCUT2D eigenvalue weighted by atomic mass is 9.91. The molecule has 2 aliphatic rings. The molecule has 2 rings (SSSR count). The van der Waals surface area contributed by atoms with Crippen LogP contribution in [0.5, 0.6) is 0 Å². The Morgan fingerprint density at radius 2 is 1.80 bits per heavy atom. The van der Waals surface area contributed by atoms with Crippen molar-refractivity contribution in [3.05, 3.63) is 0 Å². The van der Waals surface area contributed by atoms with Crippen LogP contribution >= 0.6 is 0 Å². The maximum Gasteiger partial charge on any atom is 0.0224 e. The smallest absolute Gasteiger partial charge is 0.0224 e. The van der Waals surface area contributed by atoms with Gasteiger partial charge < -0.3 is 5.73 Å². The van der Waals surface area contributed by atoms with E-state index in [0.717, 1.165) is 24.5 Å². The Bertz CT molecular complexity index is 205. The molecule has 0 aromatic carbocycles. The normalized spacial score (nSPS) is 43.4. The highest BCUT2D eigenvalue weighted by molar-refractivity contribution is 4.92. The second kappa shape index (κ2) is 4.84. The second-order valence-corrected chi connectivity index (χ2v) is 5.59. The molecule has 88 valence electrons. The number of hydrogen-bond donors (Lipinski definition) is 1. The fourth-order valence-electron chi connectivity index (χ4n) is 3.71. The Labute approximate surface area is 94.2 Å². The van der Waals surface area contributed by atoms with Gasteiger partial charge in [-0.1, -0.05) is 19.8 Å². The Hall–Kier alpha value is -0.0800. The van der Waals surface area contributed by atoms with Crippen LogP contribution in [0, 0.1) is 5.92 Å². The summed E-state index contributed by atoms with van der Waals surface area (Å²) in [5.41, 5.74) is 5.93. The molecule has 0 aromatic heterocycles. The summed E-state index contributed by atoms with van der Waals surface area (Å²) in [6.07, 6.45) is 8.32. The van der Waals surface area contributed by atoms with Crippen LogP contribution in [-0.4, -0.2) is 29.6 Å². The van der Waals surface area contributed by atoms with Gasteiger partial charge in [-0.3, -0.25) is 4.90 Å². The van der Waals surface area contributed by atoms with Gasteiger partial charge in [0.05, 0.1) is 0 Å². The molecule has 0 spiro atoms. The van der Waals surface area contributed by atoms with Crippen molar-refractivity contribution in [1.29, 1.82) is 0 Å². The molecule has 15 heavy (non-hydrogen) atoms. The van der Waals surface area contributed by atoms with Crippen molar-refractivity contribution in [3.8, 4) is 0 Å². The Balaban J connectivity index is 2.07. The third kappa shape index (κ3) is 2.21. The predicted octanol–water partition coefficient (Wildman–Crippen LogP) is 2.38. The van der Waals surface area contributed by atoms with Crippen molar-refractivity contribution in [2.24, 2.45) is 11.7 Å². The van der Waals surface area contributed by atoms with Crippen LogP contribution in [0.4, 0.5) is 0 Å². The summed E-state index contributed by atoms with van der Waals surface area (Å²) in [5, 5.41) is 0. The highest BCUT2D eigenvalue weighted by Gasteiger charge is 2.37. The summed E-state index contributed by atoms with van der Waals surface area (Å²) in [6, 6.07) is 2.26. The first-order valence-corrected chi connectivity index (χ1v) is 6.71. The molecule has 2 nitrogen and oxygen atoms in total. The zero-order valence-electron chi connectivity index (χ0n) is 10.3. The van der Waals surface area contributed by atoms with Crippen molar-refractivity contribution < 1.29 is 0 Å². The van der Waals surface area contributed by atoms with E-state index in [-0.39, 0.29) is 0 Å². The van der Waals surface area contributed by atoms with Gasteiger partial charge in [0.1, 0.15) is 0 Å². The molecule has 1 saturated carbocycles. The number of nitrogens with two attached hydrogens (primary N) is 1. The van der Waals surface area contributed by atoms with E-state index >= 15 is 0 Å². The van der Waals surface area contributed by atoms with Crippen LogP contribution in [0.3, 0.4) is 0 Å². The topological polar surface area (TPSA) is 29.3 Å². The Kier molecular flexibility index (Phi) is 3.68. The van der Waals surface area contributed by atoms with Gasteiger partial charge >= 0.3 is 0 Å². The molecule has 1 aliphatic heterocycles. The van der Waals surface area contributed by atoms with Gasteiger partial charge in [-0.2, -0.15) is 0 Å². The molecule has 4 atom stereocenters. The van der Waals surface area contributed by atoms with Gasteiger partial charge in [0, 0.05) is 24.7 Å². The summed E-state index contributed by atoms with van der Waals surface area (Å²) in [4.78, 5) is 2.77. The lowest BCUT2D eigenvalue weighted by Crippen LogP contribution is -2.54. The minimum atomic E-state index is 0.666. The molecule has 4 unspecified atom stereocenters. The van der Waals surface area contributed by atoms with Crippen molar-refractivity contribution >= 4 is 0 Å². The van der Waals surface area contributed by atoms with Crippen molar-refractivity contribution in [1.82, 2.24) is 4.90 Å².